The van der Waals surface area contributed by atoms with Crippen LogP contribution in [0.3, 0.4) is 0 Å². The van der Waals surface area contributed by atoms with Crippen molar-refractivity contribution in [3.8, 4) is 0 Å². The van der Waals surface area contributed by atoms with Crippen molar-refractivity contribution in [3.05, 3.63) is 28.7 Å². The maximum absolute atomic E-state index is 11.9. The quantitative estimate of drug-likeness (QED) is 0.781. The summed E-state index contributed by atoms with van der Waals surface area (Å²) in [7, 11) is 0. The Morgan fingerprint density at radius 2 is 2.15 bits per heavy atom. The first kappa shape index (κ1) is 14.5. The first-order chi connectivity index (χ1) is 9.45. The van der Waals surface area contributed by atoms with Crippen molar-refractivity contribution < 1.29 is 14.4 Å². The Labute approximate surface area is 124 Å². The lowest BCUT2D eigenvalue weighted by Gasteiger charge is -2.28. The smallest absolute Gasteiger partial charge is 0.321 e. The first-order valence-electron chi connectivity index (χ1n) is 6.12. The van der Waals surface area contributed by atoms with Crippen LogP contribution in [0.25, 0.3) is 0 Å². The van der Waals surface area contributed by atoms with Crippen molar-refractivity contribution in [2.45, 2.75) is 19.4 Å². The van der Waals surface area contributed by atoms with Crippen LogP contribution in [0, 0.1) is 5.92 Å². The van der Waals surface area contributed by atoms with Crippen LogP contribution in [0.15, 0.2) is 28.7 Å². The number of halogens is 1. The van der Waals surface area contributed by atoms with E-state index in [4.69, 9.17) is 0 Å². The third-order valence-corrected chi connectivity index (χ3v) is 3.54. The summed E-state index contributed by atoms with van der Waals surface area (Å²) in [6.45, 7) is 1.70. The van der Waals surface area contributed by atoms with E-state index in [9.17, 15) is 14.4 Å². The molecule has 1 aliphatic heterocycles. The van der Waals surface area contributed by atoms with Gasteiger partial charge in [-0.15, -0.1) is 0 Å². The molecule has 1 aliphatic rings. The van der Waals surface area contributed by atoms with Gasteiger partial charge in [-0.05, 0) is 25.1 Å². The van der Waals surface area contributed by atoms with Gasteiger partial charge in [0.2, 0.25) is 11.8 Å². The van der Waals surface area contributed by atoms with Crippen molar-refractivity contribution in [1.82, 2.24) is 10.6 Å². The molecule has 106 valence electrons. The summed E-state index contributed by atoms with van der Waals surface area (Å²) in [5, 5.41) is 7.46. The number of hydrogen-bond acceptors (Lipinski definition) is 3. The van der Waals surface area contributed by atoms with E-state index in [1.807, 2.05) is 6.07 Å². The van der Waals surface area contributed by atoms with Crippen molar-refractivity contribution in [2.24, 2.45) is 5.92 Å². The van der Waals surface area contributed by atoms with Crippen molar-refractivity contribution in [1.29, 1.82) is 0 Å². The molecule has 0 saturated carbocycles. The standard InChI is InChI=1S/C13H14BrN3O3/c1-7-10(12(19)17-13(20)15-7)6-11(18)16-9-4-2-3-8(14)5-9/h2-5,7,10H,6H2,1H3,(H,16,18)(H2,15,17,19,20). The fraction of sp³-hybridized carbons (Fsp3) is 0.308. The number of rotatable bonds is 3. The Morgan fingerprint density at radius 3 is 2.80 bits per heavy atom. The molecule has 7 heteroatoms. The number of anilines is 1. The van der Waals surface area contributed by atoms with Crippen molar-refractivity contribution >= 4 is 39.5 Å². The number of carbonyl (C=O) groups excluding carboxylic acids is 3. The molecular formula is C13H14BrN3O3. The first-order valence-corrected chi connectivity index (χ1v) is 6.92. The van der Waals surface area contributed by atoms with Crippen molar-refractivity contribution in [3.63, 3.8) is 0 Å². The molecule has 0 aliphatic carbocycles. The second-order valence-electron chi connectivity index (χ2n) is 4.62. The molecule has 0 aromatic heterocycles. The predicted molar refractivity (Wildman–Crippen MR) is 77.0 cm³/mol. The number of carbonyl (C=O) groups is 3. The summed E-state index contributed by atoms with van der Waals surface area (Å²) in [4.78, 5) is 34.7. The van der Waals surface area contributed by atoms with Gasteiger partial charge in [0.15, 0.2) is 0 Å². The van der Waals surface area contributed by atoms with Gasteiger partial charge in [-0.2, -0.15) is 0 Å². The molecule has 2 rings (SSSR count). The fourth-order valence-electron chi connectivity index (χ4n) is 2.02. The summed E-state index contributed by atoms with van der Waals surface area (Å²) >= 11 is 3.31. The van der Waals surface area contributed by atoms with Crippen LogP contribution in [-0.4, -0.2) is 23.9 Å². The van der Waals surface area contributed by atoms with Crippen LogP contribution in [0.4, 0.5) is 10.5 Å². The Morgan fingerprint density at radius 1 is 1.40 bits per heavy atom. The van der Waals surface area contributed by atoms with E-state index in [1.165, 1.54) is 0 Å². The van der Waals surface area contributed by atoms with Gasteiger partial charge in [0.05, 0.1) is 5.92 Å². The van der Waals surface area contributed by atoms with E-state index in [2.05, 4.69) is 31.9 Å². The Balaban J connectivity index is 1.97. The fourth-order valence-corrected chi connectivity index (χ4v) is 2.42. The van der Waals surface area contributed by atoms with Crippen LogP contribution >= 0.6 is 15.9 Å². The molecule has 1 saturated heterocycles. The van der Waals surface area contributed by atoms with Crippen LogP contribution in [-0.2, 0) is 9.59 Å². The zero-order chi connectivity index (χ0) is 14.7. The third kappa shape index (κ3) is 3.57. The Hall–Kier alpha value is -1.89. The normalized spacial score (nSPS) is 21.9. The lowest BCUT2D eigenvalue weighted by molar-refractivity contribution is -0.129. The Kier molecular flexibility index (Phi) is 4.39. The zero-order valence-electron chi connectivity index (χ0n) is 10.8. The molecule has 20 heavy (non-hydrogen) atoms. The van der Waals surface area contributed by atoms with Crippen molar-refractivity contribution in [2.75, 3.05) is 5.32 Å². The zero-order valence-corrected chi connectivity index (χ0v) is 12.4. The molecule has 2 unspecified atom stereocenters. The number of urea groups is 1. The largest absolute Gasteiger partial charge is 0.335 e. The van der Waals surface area contributed by atoms with E-state index in [0.717, 1.165) is 4.47 Å². The minimum absolute atomic E-state index is 0.0137. The van der Waals surface area contributed by atoms with Crippen LogP contribution in [0.1, 0.15) is 13.3 Å². The van der Waals surface area contributed by atoms with E-state index in [0.29, 0.717) is 5.69 Å². The SMILES string of the molecule is CC1NC(=O)NC(=O)C1CC(=O)Nc1cccc(Br)c1. The summed E-state index contributed by atoms with van der Waals surface area (Å²) in [5.74, 6) is -1.27. The molecule has 0 bridgehead atoms. The van der Waals surface area contributed by atoms with Crippen LogP contribution in [0.2, 0.25) is 0 Å². The number of amides is 4. The monoisotopic (exact) mass is 339 g/mol. The molecule has 0 spiro atoms. The number of nitrogens with one attached hydrogen (secondary N) is 3. The molecule has 6 nitrogen and oxygen atoms in total. The van der Waals surface area contributed by atoms with Crippen LogP contribution in [0.5, 0.6) is 0 Å². The number of imide groups is 1. The Bertz CT molecular complexity index is 562. The summed E-state index contributed by atoms with van der Waals surface area (Å²) in [5.41, 5.74) is 0.650. The molecule has 3 N–H and O–H groups in total. The van der Waals surface area contributed by atoms with E-state index < -0.39 is 17.9 Å². The van der Waals surface area contributed by atoms with E-state index in [-0.39, 0.29) is 18.4 Å². The predicted octanol–water partition coefficient (Wildman–Crippen LogP) is 1.62. The lowest BCUT2D eigenvalue weighted by Crippen LogP contribution is -2.57. The van der Waals surface area contributed by atoms with Gasteiger partial charge in [-0.25, -0.2) is 4.79 Å². The van der Waals surface area contributed by atoms with E-state index in [1.54, 1.807) is 25.1 Å². The van der Waals surface area contributed by atoms with Gasteiger partial charge < -0.3 is 10.6 Å². The molecule has 4 amide bonds. The average molecular weight is 340 g/mol. The highest BCUT2D eigenvalue weighted by atomic mass is 79.9. The highest BCUT2D eigenvalue weighted by Gasteiger charge is 2.33. The summed E-state index contributed by atoms with van der Waals surface area (Å²) in [6.07, 6.45) is 0.0137. The van der Waals surface area contributed by atoms with Gasteiger partial charge >= 0.3 is 6.03 Å². The maximum atomic E-state index is 11.9. The number of hydrogen-bond donors (Lipinski definition) is 3. The summed E-state index contributed by atoms with van der Waals surface area (Å²) < 4.78 is 0.853. The van der Waals surface area contributed by atoms with Gasteiger partial charge in [0.25, 0.3) is 0 Å². The lowest BCUT2D eigenvalue weighted by atomic mass is 9.94. The third-order valence-electron chi connectivity index (χ3n) is 3.05. The average Bonchev–Trinajstić information content (AvgIpc) is 2.33. The minimum Gasteiger partial charge on any atom is -0.335 e. The van der Waals surface area contributed by atoms with Gasteiger partial charge in [-0.1, -0.05) is 22.0 Å². The van der Waals surface area contributed by atoms with Crippen LogP contribution < -0.4 is 16.0 Å². The summed E-state index contributed by atoms with van der Waals surface area (Å²) in [6, 6.07) is 6.28. The highest BCUT2D eigenvalue weighted by Crippen LogP contribution is 2.18. The van der Waals surface area contributed by atoms with Gasteiger partial charge in [-0.3, -0.25) is 14.9 Å². The second-order valence-corrected chi connectivity index (χ2v) is 5.54. The number of benzene rings is 1. The maximum Gasteiger partial charge on any atom is 0.321 e. The van der Waals surface area contributed by atoms with Gasteiger partial charge in [0, 0.05) is 22.6 Å². The molecule has 1 fully saturated rings. The van der Waals surface area contributed by atoms with Gasteiger partial charge in [0.1, 0.15) is 0 Å². The minimum atomic E-state index is -0.570. The molecular weight excluding hydrogens is 326 g/mol. The topological polar surface area (TPSA) is 87.3 Å². The second kappa shape index (κ2) is 6.04. The molecule has 2 atom stereocenters. The molecule has 1 heterocycles. The van der Waals surface area contributed by atoms with E-state index >= 15 is 0 Å². The molecule has 0 radical (unpaired) electrons. The highest BCUT2D eigenvalue weighted by molar-refractivity contribution is 9.10. The molecule has 1 aromatic carbocycles. The molecule has 1 aromatic rings.